The molecule has 0 bridgehead atoms. The van der Waals surface area contributed by atoms with E-state index in [2.05, 4.69) is 222 Å². The standard InChI is InChI=1S/C66H42N4/c1-3-15-43-35-45(32-29-39(43)13-1)41-27-30-42(31-28-41)65-49-17-5-8-24-56(49)67-66(68-65)70-58-26-10-7-19-51(58)64-53-23-12-21-48-47-20-11-22-52-61(47)54(55(62(48)53)38-60(64)70)37-59-63(52)50-18-6-9-25-57(50)69(59)46-34-33-40-14-2-4-16-44(40)36-46/h2-12,14-27,29-38,41H,1,13,28H2. The third kappa shape index (κ3) is 5.30. The summed E-state index contributed by atoms with van der Waals surface area (Å²) in [5.41, 5.74) is 12.9. The van der Waals surface area contributed by atoms with Gasteiger partial charge in [0.15, 0.2) is 0 Å². The first-order chi connectivity index (χ1) is 34.7. The van der Waals surface area contributed by atoms with Crippen LogP contribution >= 0.6 is 0 Å². The maximum absolute atomic E-state index is 5.62. The predicted octanol–water partition coefficient (Wildman–Crippen LogP) is 17.1. The molecule has 0 saturated heterocycles. The maximum atomic E-state index is 5.62. The van der Waals surface area contributed by atoms with Crippen LogP contribution in [0.25, 0.3) is 132 Å². The van der Waals surface area contributed by atoms with Crippen LogP contribution in [0, 0.1) is 0 Å². The van der Waals surface area contributed by atoms with E-state index in [9.17, 15) is 0 Å². The van der Waals surface area contributed by atoms with Crippen LogP contribution in [-0.4, -0.2) is 19.1 Å². The molecule has 0 amide bonds. The third-order valence-corrected chi connectivity index (χ3v) is 15.8. The van der Waals surface area contributed by atoms with Gasteiger partial charge in [0.1, 0.15) is 0 Å². The Balaban J connectivity index is 0.966. The van der Waals surface area contributed by atoms with Gasteiger partial charge in [-0.05, 0) is 138 Å². The van der Waals surface area contributed by atoms with Crippen molar-refractivity contribution in [1.82, 2.24) is 19.1 Å². The summed E-state index contributed by atoms with van der Waals surface area (Å²) in [6, 6.07) is 67.6. The maximum Gasteiger partial charge on any atom is 0.235 e. The zero-order chi connectivity index (χ0) is 45.6. The highest BCUT2D eigenvalue weighted by molar-refractivity contribution is 6.41. The van der Waals surface area contributed by atoms with Crippen molar-refractivity contribution in [3.8, 4) is 11.6 Å². The Morgan fingerprint density at radius 3 is 1.83 bits per heavy atom. The molecule has 0 radical (unpaired) electrons. The van der Waals surface area contributed by atoms with Crippen molar-refractivity contribution in [1.29, 1.82) is 0 Å². The van der Waals surface area contributed by atoms with Crippen LogP contribution in [0.4, 0.5) is 0 Å². The molecule has 0 aliphatic heterocycles. The van der Waals surface area contributed by atoms with Gasteiger partial charge in [-0.15, -0.1) is 0 Å². The molecule has 326 valence electrons. The molecule has 0 fully saturated rings. The summed E-state index contributed by atoms with van der Waals surface area (Å²) in [4.78, 5) is 11.1. The molecule has 4 heteroatoms. The molecule has 16 rings (SSSR count). The van der Waals surface area contributed by atoms with Gasteiger partial charge in [-0.25, -0.2) is 9.97 Å². The highest BCUT2D eigenvalue weighted by Gasteiger charge is 2.25. The molecule has 3 heterocycles. The molecular weight excluding hydrogens is 849 g/mol. The molecule has 3 aromatic heterocycles. The molecule has 0 saturated carbocycles. The van der Waals surface area contributed by atoms with Crippen LogP contribution in [-0.2, 0) is 6.42 Å². The molecule has 2 aliphatic carbocycles. The fraction of sp³-hybridized carbons (Fsp3) is 0.0606. The molecule has 14 aromatic rings. The smallest absolute Gasteiger partial charge is 0.235 e. The largest absolute Gasteiger partial charge is 0.309 e. The second-order valence-corrected chi connectivity index (χ2v) is 19.5. The number of aryl methyl sites for hydroxylation is 1. The quantitative estimate of drug-likeness (QED) is 0.130. The minimum absolute atomic E-state index is 0.314. The summed E-state index contributed by atoms with van der Waals surface area (Å²) in [7, 11) is 0. The SMILES string of the molecule is C1=Cc2cc(C3C=CC(c4nc(-n5c6ccccc6c6c7cccc8c9cccc%10c9c(cc9c%10c%10ccccc%10n9-c9ccc%10ccccc%10c9)c(cc65)c87)nc5ccccc45)=CC3)ccc2CC1. The van der Waals surface area contributed by atoms with E-state index in [0.29, 0.717) is 11.9 Å². The highest BCUT2D eigenvalue weighted by Crippen LogP contribution is 2.49. The fourth-order valence-electron chi connectivity index (χ4n) is 12.7. The topological polar surface area (TPSA) is 35.6 Å². The Hall–Kier alpha value is -8.86. The third-order valence-electron chi connectivity index (χ3n) is 15.8. The van der Waals surface area contributed by atoms with Crippen LogP contribution in [0.15, 0.2) is 206 Å². The normalized spacial score (nSPS) is 15.1. The first kappa shape index (κ1) is 38.1. The molecule has 4 nitrogen and oxygen atoms in total. The number of allylic oxidation sites excluding steroid dienone is 5. The zero-order valence-electron chi connectivity index (χ0n) is 38.2. The van der Waals surface area contributed by atoms with Gasteiger partial charge in [0.2, 0.25) is 5.95 Å². The van der Waals surface area contributed by atoms with E-state index < -0.39 is 0 Å². The van der Waals surface area contributed by atoms with Gasteiger partial charge >= 0.3 is 0 Å². The van der Waals surface area contributed by atoms with Crippen molar-refractivity contribution >= 4 is 120 Å². The minimum Gasteiger partial charge on any atom is -0.309 e. The molecule has 0 N–H and O–H groups in total. The summed E-state index contributed by atoms with van der Waals surface area (Å²) in [5.74, 6) is 0.989. The number of nitrogens with zero attached hydrogens (tertiary/aromatic N) is 4. The fourth-order valence-corrected chi connectivity index (χ4v) is 12.7. The highest BCUT2D eigenvalue weighted by atomic mass is 15.2. The van der Waals surface area contributed by atoms with E-state index in [-0.39, 0.29) is 0 Å². The van der Waals surface area contributed by atoms with Gasteiger partial charge in [-0.3, -0.25) is 4.57 Å². The van der Waals surface area contributed by atoms with Crippen LogP contribution in [0.5, 0.6) is 0 Å². The predicted molar refractivity (Wildman–Crippen MR) is 295 cm³/mol. The van der Waals surface area contributed by atoms with E-state index >= 15 is 0 Å². The van der Waals surface area contributed by atoms with Crippen LogP contribution in [0.2, 0.25) is 0 Å². The van der Waals surface area contributed by atoms with E-state index in [1.165, 1.54) is 103 Å². The lowest BCUT2D eigenvalue weighted by Crippen LogP contribution is -2.06. The number of benzene rings is 11. The van der Waals surface area contributed by atoms with Crippen molar-refractivity contribution in [3.05, 3.63) is 229 Å². The average molecular weight is 891 g/mol. The second kappa shape index (κ2) is 14.3. The van der Waals surface area contributed by atoms with Crippen LogP contribution < -0.4 is 0 Å². The van der Waals surface area contributed by atoms with Gasteiger partial charge in [-0.1, -0.05) is 170 Å². The van der Waals surface area contributed by atoms with E-state index in [1.54, 1.807) is 0 Å². The molecule has 1 atom stereocenters. The summed E-state index contributed by atoms with van der Waals surface area (Å²) in [6.07, 6.45) is 14.8. The first-order valence-corrected chi connectivity index (χ1v) is 24.6. The Morgan fingerprint density at radius 2 is 1.09 bits per heavy atom. The number of para-hydroxylation sites is 3. The number of fused-ring (bicyclic) bond motifs is 13. The Labute approximate surface area is 402 Å². The summed E-state index contributed by atoms with van der Waals surface area (Å²) in [6.45, 7) is 0. The van der Waals surface area contributed by atoms with Crippen molar-refractivity contribution in [3.63, 3.8) is 0 Å². The average Bonchev–Trinajstić information content (AvgIpc) is 3.94. The van der Waals surface area contributed by atoms with E-state index in [4.69, 9.17) is 9.97 Å². The molecule has 0 spiro atoms. The Kier molecular flexibility index (Phi) is 7.81. The summed E-state index contributed by atoms with van der Waals surface area (Å²) < 4.78 is 4.82. The number of rotatable bonds is 4. The first-order valence-electron chi connectivity index (χ1n) is 24.6. The monoisotopic (exact) mass is 890 g/mol. The second-order valence-electron chi connectivity index (χ2n) is 19.5. The van der Waals surface area contributed by atoms with Crippen LogP contribution in [0.3, 0.4) is 0 Å². The van der Waals surface area contributed by atoms with Crippen molar-refractivity contribution in [2.75, 3.05) is 0 Å². The van der Waals surface area contributed by atoms with Crippen LogP contribution in [0.1, 0.15) is 41.1 Å². The van der Waals surface area contributed by atoms with Gasteiger partial charge in [0.05, 0.1) is 33.3 Å². The van der Waals surface area contributed by atoms with Gasteiger partial charge in [-0.2, -0.15) is 0 Å². The Bertz CT molecular complexity index is 4690. The lowest BCUT2D eigenvalue weighted by molar-refractivity contribution is 0.851. The molecule has 70 heavy (non-hydrogen) atoms. The summed E-state index contributed by atoms with van der Waals surface area (Å²) >= 11 is 0. The number of hydrogen-bond acceptors (Lipinski definition) is 2. The van der Waals surface area contributed by atoms with Crippen molar-refractivity contribution < 1.29 is 0 Å². The number of hydrogen-bond donors (Lipinski definition) is 0. The minimum atomic E-state index is 0.314. The Morgan fingerprint density at radius 1 is 0.443 bits per heavy atom. The van der Waals surface area contributed by atoms with E-state index in [1.807, 2.05) is 0 Å². The van der Waals surface area contributed by atoms with E-state index in [0.717, 1.165) is 58.2 Å². The number of aromatic nitrogens is 4. The van der Waals surface area contributed by atoms with Gasteiger partial charge < -0.3 is 4.57 Å². The molecule has 1 unspecified atom stereocenters. The molecule has 2 aliphatic rings. The van der Waals surface area contributed by atoms with Crippen molar-refractivity contribution in [2.24, 2.45) is 0 Å². The lowest BCUT2D eigenvalue weighted by Gasteiger charge is -2.20. The zero-order valence-corrected chi connectivity index (χ0v) is 38.2. The molecular formula is C66H42N4. The molecule has 11 aromatic carbocycles. The van der Waals surface area contributed by atoms with Gasteiger partial charge in [0, 0.05) is 38.5 Å². The lowest BCUT2D eigenvalue weighted by atomic mass is 9.86. The van der Waals surface area contributed by atoms with Crippen molar-refractivity contribution in [2.45, 2.75) is 25.2 Å². The summed E-state index contributed by atoms with van der Waals surface area (Å²) in [5, 5.41) is 18.6. The van der Waals surface area contributed by atoms with Gasteiger partial charge in [0.25, 0.3) is 0 Å².